The largest absolute Gasteiger partial charge is 0.464 e. The maximum absolute atomic E-state index is 13.5. The molecule has 134 valence electrons. The van der Waals surface area contributed by atoms with Crippen LogP contribution in [0.2, 0.25) is 0 Å². The minimum Gasteiger partial charge on any atom is -0.464 e. The van der Waals surface area contributed by atoms with Gasteiger partial charge >= 0.3 is 5.97 Å². The maximum Gasteiger partial charge on any atom is 0.328 e. The van der Waals surface area contributed by atoms with Gasteiger partial charge < -0.3 is 10.1 Å². The van der Waals surface area contributed by atoms with Gasteiger partial charge in [0.2, 0.25) is 0 Å². The number of benzene rings is 1. The Morgan fingerprint density at radius 2 is 1.67 bits per heavy atom. The van der Waals surface area contributed by atoms with Gasteiger partial charge in [0.05, 0.1) is 6.61 Å². The van der Waals surface area contributed by atoms with E-state index < -0.39 is 35.1 Å². The fourth-order valence-corrected chi connectivity index (χ4v) is 2.22. The summed E-state index contributed by atoms with van der Waals surface area (Å²) >= 11 is 0. The zero-order valence-corrected chi connectivity index (χ0v) is 14.2. The molecule has 6 heteroatoms. The third kappa shape index (κ3) is 6.64. The van der Waals surface area contributed by atoms with Gasteiger partial charge in [-0.15, -0.1) is 0 Å². The molecule has 0 heterocycles. The van der Waals surface area contributed by atoms with E-state index in [4.69, 9.17) is 4.74 Å². The Balaban J connectivity index is 2.35. The standard InChI is InChI=1S/C18H25F2NO3/c1-3-4-5-6-7-8-12-24-18(23)13(2)21-17(22)16-14(19)10-9-11-15(16)20/h9-11,13H,3-8,12H2,1-2H3,(H,21,22)/t13-/m0/s1. The highest BCUT2D eigenvalue weighted by Crippen LogP contribution is 2.12. The lowest BCUT2D eigenvalue weighted by molar-refractivity contribution is -0.145. The summed E-state index contributed by atoms with van der Waals surface area (Å²) in [7, 11) is 0. The van der Waals surface area contributed by atoms with Crippen molar-refractivity contribution in [3.8, 4) is 0 Å². The number of rotatable bonds is 10. The zero-order chi connectivity index (χ0) is 17.9. The Hall–Kier alpha value is -1.98. The van der Waals surface area contributed by atoms with Gasteiger partial charge in [0.25, 0.3) is 5.91 Å². The van der Waals surface area contributed by atoms with Crippen molar-refractivity contribution in [2.24, 2.45) is 0 Å². The number of hydrogen-bond donors (Lipinski definition) is 1. The first-order valence-corrected chi connectivity index (χ1v) is 8.38. The minimum atomic E-state index is -0.977. The van der Waals surface area contributed by atoms with Crippen LogP contribution < -0.4 is 5.32 Å². The van der Waals surface area contributed by atoms with Crippen molar-refractivity contribution in [2.75, 3.05) is 6.61 Å². The topological polar surface area (TPSA) is 55.4 Å². The Kier molecular flexibility index (Phi) is 8.97. The molecule has 0 aromatic heterocycles. The van der Waals surface area contributed by atoms with E-state index in [9.17, 15) is 18.4 Å². The molecule has 1 atom stereocenters. The van der Waals surface area contributed by atoms with Crippen LogP contribution >= 0.6 is 0 Å². The van der Waals surface area contributed by atoms with Crippen LogP contribution in [-0.2, 0) is 9.53 Å². The predicted octanol–water partition coefficient (Wildman–Crippen LogP) is 3.99. The van der Waals surface area contributed by atoms with E-state index in [1.807, 2.05) is 0 Å². The van der Waals surface area contributed by atoms with E-state index in [-0.39, 0.29) is 6.61 Å². The molecule has 1 rings (SSSR count). The average Bonchev–Trinajstić information content (AvgIpc) is 2.53. The summed E-state index contributed by atoms with van der Waals surface area (Å²) in [4.78, 5) is 23.7. The lowest BCUT2D eigenvalue weighted by Crippen LogP contribution is -2.40. The molecular weight excluding hydrogens is 316 g/mol. The van der Waals surface area contributed by atoms with Gasteiger partial charge in [0, 0.05) is 0 Å². The Morgan fingerprint density at radius 1 is 1.08 bits per heavy atom. The normalized spacial score (nSPS) is 11.8. The van der Waals surface area contributed by atoms with Gasteiger partial charge in [-0.05, 0) is 25.5 Å². The molecule has 1 aromatic carbocycles. The first-order chi connectivity index (χ1) is 11.5. The summed E-state index contributed by atoms with van der Waals surface area (Å²) in [6.45, 7) is 3.84. The first-order valence-electron chi connectivity index (χ1n) is 8.38. The van der Waals surface area contributed by atoms with E-state index in [1.165, 1.54) is 32.3 Å². The number of carbonyl (C=O) groups is 2. The van der Waals surface area contributed by atoms with Crippen molar-refractivity contribution in [3.05, 3.63) is 35.4 Å². The van der Waals surface area contributed by atoms with Crippen molar-refractivity contribution >= 4 is 11.9 Å². The van der Waals surface area contributed by atoms with Crippen molar-refractivity contribution in [3.63, 3.8) is 0 Å². The van der Waals surface area contributed by atoms with Crippen LogP contribution in [0.4, 0.5) is 8.78 Å². The number of nitrogens with one attached hydrogen (secondary N) is 1. The van der Waals surface area contributed by atoms with E-state index in [1.54, 1.807) is 0 Å². The summed E-state index contributed by atoms with van der Waals surface area (Å²) < 4.78 is 32.1. The van der Waals surface area contributed by atoms with E-state index in [2.05, 4.69) is 12.2 Å². The Morgan fingerprint density at radius 3 is 2.29 bits per heavy atom. The quantitative estimate of drug-likeness (QED) is 0.517. The number of hydrogen-bond acceptors (Lipinski definition) is 3. The Bertz CT molecular complexity index is 529. The zero-order valence-electron chi connectivity index (χ0n) is 14.2. The number of unbranched alkanes of at least 4 members (excludes halogenated alkanes) is 5. The molecule has 0 saturated carbocycles. The van der Waals surface area contributed by atoms with Crippen LogP contribution in [0.3, 0.4) is 0 Å². The minimum absolute atomic E-state index is 0.277. The third-order valence-corrected chi connectivity index (χ3v) is 3.63. The molecule has 0 aliphatic heterocycles. The smallest absolute Gasteiger partial charge is 0.328 e. The van der Waals surface area contributed by atoms with Crippen molar-refractivity contribution in [1.29, 1.82) is 0 Å². The molecule has 0 aliphatic rings. The van der Waals surface area contributed by atoms with Crippen molar-refractivity contribution < 1.29 is 23.1 Å². The molecule has 1 N–H and O–H groups in total. The number of ether oxygens (including phenoxy) is 1. The van der Waals surface area contributed by atoms with Crippen LogP contribution in [0, 0.1) is 11.6 Å². The highest BCUT2D eigenvalue weighted by molar-refractivity contribution is 5.97. The van der Waals surface area contributed by atoms with E-state index in [0.717, 1.165) is 31.4 Å². The lowest BCUT2D eigenvalue weighted by atomic mass is 10.1. The van der Waals surface area contributed by atoms with Crippen LogP contribution in [0.25, 0.3) is 0 Å². The monoisotopic (exact) mass is 341 g/mol. The van der Waals surface area contributed by atoms with Gasteiger partial charge in [0.1, 0.15) is 23.2 Å². The Labute approximate surface area is 141 Å². The maximum atomic E-state index is 13.5. The van der Waals surface area contributed by atoms with E-state index >= 15 is 0 Å². The molecule has 0 aliphatic carbocycles. The number of amides is 1. The number of carbonyl (C=O) groups excluding carboxylic acids is 2. The molecule has 1 aromatic rings. The van der Waals surface area contributed by atoms with E-state index in [0.29, 0.717) is 0 Å². The summed E-state index contributed by atoms with van der Waals surface area (Å²) in [6, 6.07) is 2.16. The molecular formula is C18H25F2NO3. The molecule has 24 heavy (non-hydrogen) atoms. The van der Waals surface area contributed by atoms with Gasteiger partial charge in [-0.3, -0.25) is 4.79 Å². The van der Waals surface area contributed by atoms with Gasteiger partial charge in [0.15, 0.2) is 0 Å². The SMILES string of the molecule is CCCCCCCCOC(=O)[C@H](C)NC(=O)c1c(F)cccc1F. The molecule has 0 bridgehead atoms. The lowest BCUT2D eigenvalue weighted by Gasteiger charge is -2.14. The number of esters is 1. The van der Waals surface area contributed by atoms with Crippen LogP contribution in [-0.4, -0.2) is 24.5 Å². The molecule has 0 spiro atoms. The van der Waals surface area contributed by atoms with Gasteiger partial charge in [-0.2, -0.15) is 0 Å². The van der Waals surface area contributed by atoms with Gasteiger partial charge in [-0.1, -0.05) is 45.1 Å². The van der Waals surface area contributed by atoms with Crippen molar-refractivity contribution in [1.82, 2.24) is 5.32 Å². The van der Waals surface area contributed by atoms with Crippen LogP contribution in [0.5, 0.6) is 0 Å². The second-order valence-electron chi connectivity index (χ2n) is 5.73. The molecule has 0 unspecified atom stereocenters. The average molecular weight is 341 g/mol. The first kappa shape index (κ1) is 20.1. The van der Waals surface area contributed by atoms with Gasteiger partial charge in [-0.25, -0.2) is 13.6 Å². The molecule has 1 amide bonds. The number of halogens is 2. The third-order valence-electron chi connectivity index (χ3n) is 3.63. The molecule has 0 fully saturated rings. The summed E-state index contributed by atoms with van der Waals surface area (Å²) in [6.07, 6.45) is 6.39. The summed E-state index contributed by atoms with van der Waals surface area (Å²) in [5.74, 6) is -3.54. The van der Waals surface area contributed by atoms with Crippen LogP contribution in [0.15, 0.2) is 18.2 Å². The fraction of sp³-hybridized carbons (Fsp3) is 0.556. The highest BCUT2D eigenvalue weighted by atomic mass is 19.1. The second kappa shape index (κ2) is 10.7. The predicted molar refractivity (Wildman–Crippen MR) is 87.6 cm³/mol. The molecule has 4 nitrogen and oxygen atoms in total. The highest BCUT2D eigenvalue weighted by Gasteiger charge is 2.22. The summed E-state index contributed by atoms with van der Waals surface area (Å²) in [5.41, 5.74) is -0.701. The molecule has 0 saturated heterocycles. The summed E-state index contributed by atoms with van der Waals surface area (Å²) in [5, 5.41) is 2.25. The fourth-order valence-electron chi connectivity index (χ4n) is 2.22. The van der Waals surface area contributed by atoms with Crippen molar-refractivity contribution in [2.45, 2.75) is 58.4 Å². The second-order valence-corrected chi connectivity index (χ2v) is 5.73. The van der Waals surface area contributed by atoms with Crippen LogP contribution in [0.1, 0.15) is 62.7 Å². The molecule has 0 radical (unpaired) electrons.